The van der Waals surface area contributed by atoms with Crippen LogP contribution < -0.4 is 0 Å². The van der Waals surface area contributed by atoms with E-state index in [4.69, 9.17) is 0 Å². The fraction of sp³-hybridized carbons (Fsp3) is 0.903. The molecule has 33 heavy (non-hydrogen) atoms. The number of carbonyl (C=O) groups is 1. The number of carboxylic acid groups (broad SMARTS) is 1. The summed E-state index contributed by atoms with van der Waals surface area (Å²) in [5, 5.41) is 9.54. The van der Waals surface area contributed by atoms with Crippen LogP contribution in [-0.4, -0.2) is 11.1 Å². The van der Waals surface area contributed by atoms with E-state index in [0.717, 1.165) is 31.6 Å². The van der Waals surface area contributed by atoms with Crippen molar-refractivity contribution in [2.75, 3.05) is 0 Å². The fourth-order valence-electron chi connectivity index (χ4n) is 4.75. The van der Waals surface area contributed by atoms with Crippen molar-refractivity contribution >= 4 is 5.97 Å². The number of carboxylic acids is 1. The minimum atomic E-state index is -0.571. The summed E-state index contributed by atoms with van der Waals surface area (Å²) in [6, 6.07) is 0. The van der Waals surface area contributed by atoms with E-state index in [1.807, 2.05) is 0 Å². The molecule has 0 saturated carbocycles. The van der Waals surface area contributed by atoms with Crippen molar-refractivity contribution in [1.82, 2.24) is 0 Å². The molecule has 0 spiro atoms. The van der Waals surface area contributed by atoms with E-state index in [-0.39, 0.29) is 5.92 Å². The Morgan fingerprint density at radius 2 is 1.06 bits per heavy atom. The Morgan fingerprint density at radius 1 is 0.606 bits per heavy atom. The van der Waals surface area contributed by atoms with Gasteiger partial charge in [0, 0.05) is 0 Å². The molecule has 2 unspecified atom stereocenters. The van der Waals surface area contributed by atoms with Crippen LogP contribution in [0.25, 0.3) is 0 Å². The highest BCUT2D eigenvalue weighted by Crippen LogP contribution is 2.20. The topological polar surface area (TPSA) is 37.3 Å². The van der Waals surface area contributed by atoms with Crippen LogP contribution in [0.1, 0.15) is 168 Å². The summed E-state index contributed by atoms with van der Waals surface area (Å²) in [7, 11) is 0. The average molecular weight is 465 g/mol. The van der Waals surface area contributed by atoms with E-state index in [2.05, 4.69) is 32.9 Å². The van der Waals surface area contributed by atoms with Crippen LogP contribution >= 0.6 is 0 Å². The van der Waals surface area contributed by atoms with Gasteiger partial charge in [-0.15, -0.1) is 0 Å². The van der Waals surface area contributed by atoms with Crippen molar-refractivity contribution in [3.63, 3.8) is 0 Å². The van der Waals surface area contributed by atoms with Crippen molar-refractivity contribution in [2.45, 2.75) is 168 Å². The molecular formula is C31H60O2. The Kier molecular flexibility index (Phi) is 25.2. The van der Waals surface area contributed by atoms with Gasteiger partial charge in [-0.2, -0.15) is 0 Å². The minimum Gasteiger partial charge on any atom is -0.481 e. The van der Waals surface area contributed by atoms with Gasteiger partial charge in [0.25, 0.3) is 0 Å². The Bertz CT molecular complexity index is 429. The normalized spacial score (nSPS) is 13.5. The second-order valence-corrected chi connectivity index (χ2v) is 10.7. The first-order valence-corrected chi connectivity index (χ1v) is 15.0. The maximum Gasteiger partial charge on any atom is 0.306 e. The number of rotatable bonds is 26. The van der Waals surface area contributed by atoms with Crippen LogP contribution in [0.3, 0.4) is 0 Å². The van der Waals surface area contributed by atoms with Gasteiger partial charge < -0.3 is 5.11 Å². The van der Waals surface area contributed by atoms with E-state index in [1.54, 1.807) is 0 Å². The standard InChI is InChI=1S/C31H60O2/c1-4-6-8-9-10-11-12-13-14-17-20-23-27-30(31(32)33)28-24-21-18-15-16-19-22-26-29(3)25-7-5-2/h19,22,29-30H,4-18,20-21,23-28H2,1-3H3,(H,32,33)/b22-19-. The van der Waals surface area contributed by atoms with Crippen LogP contribution in [0.15, 0.2) is 12.2 Å². The molecule has 0 aliphatic heterocycles. The van der Waals surface area contributed by atoms with Crippen molar-refractivity contribution in [1.29, 1.82) is 0 Å². The van der Waals surface area contributed by atoms with Gasteiger partial charge in [-0.05, 0) is 38.0 Å². The molecule has 2 atom stereocenters. The van der Waals surface area contributed by atoms with Gasteiger partial charge in [0.15, 0.2) is 0 Å². The summed E-state index contributed by atoms with van der Waals surface area (Å²) >= 11 is 0. The van der Waals surface area contributed by atoms with Gasteiger partial charge in [-0.3, -0.25) is 4.79 Å². The van der Waals surface area contributed by atoms with Crippen molar-refractivity contribution in [2.24, 2.45) is 11.8 Å². The molecular weight excluding hydrogens is 404 g/mol. The van der Waals surface area contributed by atoms with Gasteiger partial charge in [0.1, 0.15) is 0 Å². The van der Waals surface area contributed by atoms with Crippen molar-refractivity contribution in [3.05, 3.63) is 12.2 Å². The summed E-state index contributed by atoms with van der Waals surface area (Å²) in [6.07, 6.45) is 33.7. The summed E-state index contributed by atoms with van der Waals surface area (Å²) < 4.78 is 0. The third kappa shape index (κ3) is 24.1. The lowest BCUT2D eigenvalue weighted by Gasteiger charge is -2.12. The first-order chi connectivity index (χ1) is 16.1. The van der Waals surface area contributed by atoms with Crippen molar-refractivity contribution in [3.8, 4) is 0 Å². The third-order valence-corrected chi connectivity index (χ3v) is 7.18. The Balaban J connectivity index is 3.54. The average Bonchev–Trinajstić information content (AvgIpc) is 2.80. The van der Waals surface area contributed by atoms with Gasteiger partial charge >= 0.3 is 5.97 Å². The lowest BCUT2D eigenvalue weighted by atomic mass is 9.94. The maximum absolute atomic E-state index is 11.6. The molecule has 0 radical (unpaired) electrons. The molecule has 196 valence electrons. The third-order valence-electron chi connectivity index (χ3n) is 7.18. The number of allylic oxidation sites excluding steroid dienone is 2. The van der Waals surface area contributed by atoms with Gasteiger partial charge in [-0.25, -0.2) is 0 Å². The van der Waals surface area contributed by atoms with Crippen LogP contribution in [0.2, 0.25) is 0 Å². The smallest absolute Gasteiger partial charge is 0.306 e. The lowest BCUT2D eigenvalue weighted by molar-refractivity contribution is -0.142. The van der Waals surface area contributed by atoms with Crippen LogP contribution in [0, 0.1) is 11.8 Å². The molecule has 1 N–H and O–H groups in total. The van der Waals surface area contributed by atoms with Crippen LogP contribution in [0.5, 0.6) is 0 Å². The highest BCUT2D eigenvalue weighted by atomic mass is 16.4. The van der Waals surface area contributed by atoms with Crippen molar-refractivity contribution < 1.29 is 9.90 Å². The highest BCUT2D eigenvalue weighted by Gasteiger charge is 2.16. The predicted molar refractivity (Wildman–Crippen MR) is 147 cm³/mol. The number of aliphatic carboxylic acids is 1. The van der Waals surface area contributed by atoms with Crippen LogP contribution in [0.4, 0.5) is 0 Å². The molecule has 0 aromatic carbocycles. The fourth-order valence-corrected chi connectivity index (χ4v) is 4.75. The van der Waals surface area contributed by atoms with E-state index in [9.17, 15) is 9.90 Å². The molecule has 0 heterocycles. The first-order valence-electron chi connectivity index (χ1n) is 15.0. The lowest BCUT2D eigenvalue weighted by Crippen LogP contribution is -2.13. The molecule has 0 fully saturated rings. The van der Waals surface area contributed by atoms with Gasteiger partial charge in [0.05, 0.1) is 5.92 Å². The molecule has 0 rings (SSSR count). The summed E-state index contributed by atoms with van der Waals surface area (Å²) in [6.45, 7) is 6.90. The maximum atomic E-state index is 11.6. The molecule has 0 bridgehead atoms. The quantitative estimate of drug-likeness (QED) is 0.102. The van der Waals surface area contributed by atoms with Crippen LogP contribution in [-0.2, 0) is 4.79 Å². The molecule has 0 aromatic heterocycles. The number of hydrogen-bond donors (Lipinski definition) is 1. The zero-order valence-electron chi connectivity index (χ0n) is 22.9. The van der Waals surface area contributed by atoms with E-state index in [1.165, 1.54) is 122 Å². The van der Waals surface area contributed by atoms with E-state index < -0.39 is 5.97 Å². The molecule has 0 saturated heterocycles. The summed E-state index contributed by atoms with van der Waals surface area (Å²) in [5.41, 5.74) is 0. The first kappa shape index (κ1) is 32.2. The second-order valence-electron chi connectivity index (χ2n) is 10.7. The molecule has 0 aliphatic carbocycles. The molecule has 2 nitrogen and oxygen atoms in total. The zero-order chi connectivity index (χ0) is 24.4. The highest BCUT2D eigenvalue weighted by molar-refractivity contribution is 5.69. The van der Waals surface area contributed by atoms with Gasteiger partial charge in [0.2, 0.25) is 0 Å². The minimum absolute atomic E-state index is 0.113. The number of hydrogen-bond acceptors (Lipinski definition) is 1. The number of unbranched alkanes of at least 4 members (excludes halogenated alkanes) is 16. The molecule has 2 heteroatoms. The molecule has 0 amide bonds. The van der Waals surface area contributed by atoms with E-state index >= 15 is 0 Å². The monoisotopic (exact) mass is 464 g/mol. The summed E-state index contributed by atoms with van der Waals surface area (Å²) in [5.74, 6) is 0.134. The molecule has 0 aromatic rings. The zero-order valence-corrected chi connectivity index (χ0v) is 22.9. The summed E-state index contributed by atoms with van der Waals surface area (Å²) in [4.78, 5) is 11.6. The SMILES string of the molecule is CCCCCCCCCCCCCCC(CCCCCC/C=C\CC(C)CCCC)C(=O)O. The molecule has 0 aliphatic rings. The Labute approximate surface area is 208 Å². The second kappa shape index (κ2) is 25.8. The Morgan fingerprint density at radius 3 is 1.55 bits per heavy atom. The largest absolute Gasteiger partial charge is 0.481 e. The van der Waals surface area contributed by atoms with E-state index in [0.29, 0.717) is 0 Å². The van der Waals surface area contributed by atoms with Gasteiger partial charge in [-0.1, -0.05) is 148 Å². The predicted octanol–water partition coefficient (Wildman–Crippen LogP) is 10.9. The Hall–Kier alpha value is -0.790.